The number of hydrogen-bond donors (Lipinski definition) is 1. The molecule has 4 nitrogen and oxygen atoms in total. The molecule has 114 valence electrons. The normalized spacial score (nSPS) is 11.4. The standard InChI is InChI=1S/C15H20ClN3OS/c1-9(2)14-18-19-15(20-14)17-8-11-12(16)6-5-7-13(11)21-10(3)4/h5-7,9-10H,8H2,1-4H3,(H,17,19). The lowest BCUT2D eigenvalue weighted by atomic mass is 10.2. The van der Waals surface area contributed by atoms with Crippen LogP contribution in [0.1, 0.15) is 45.1 Å². The third-order valence-electron chi connectivity index (χ3n) is 2.79. The van der Waals surface area contributed by atoms with Gasteiger partial charge in [0.1, 0.15) is 0 Å². The second-order valence-electron chi connectivity index (χ2n) is 5.34. The maximum atomic E-state index is 6.31. The number of halogens is 1. The first-order valence-electron chi connectivity index (χ1n) is 6.98. The molecule has 0 aliphatic carbocycles. The number of thioether (sulfide) groups is 1. The van der Waals surface area contributed by atoms with Gasteiger partial charge >= 0.3 is 6.01 Å². The van der Waals surface area contributed by atoms with Crippen molar-refractivity contribution < 1.29 is 4.42 Å². The molecular weight excluding hydrogens is 306 g/mol. The van der Waals surface area contributed by atoms with Gasteiger partial charge in [-0.3, -0.25) is 0 Å². The van der Waals surface area contributed by atoms with E-state index >= 15 is 0 Å². The first-order chi connectivity index (χ1) is 9.97. The smallest absolute Gasteiger partial charge is 0.315 e. The number of anilines is 1. The molecule has 0 amide bonds. The molecule has 0 radical (unpaired) electrons. The van der Waals surface area contributed by atoms with E-state index in [2.05, 4.69) is 35.4 Å². The summed E-state index contributed by atoms with van der Waals surface area (Å²) in [6.45, 7) is 8.92. The SMILES string of the molecule is CC(C)Sc1cccc(Cl)c1CNc1nnc(C(C)C)o1. The second-order valence-corrected chi connectivity index (χ2v) is 7.36. The van der Waals surface area contributed by atoms with E-state index in [0.717, 1.165) is 10.6 Å². The van der Waals surface area contributed by atoms with Crippen molar-refractivity contribution in [2.45, 2.75) is 50.3 Å². The van der Waals surface area contributed by atoms with Gasteiger partial charge in [-0.05, 0) is 12.1 Å². The highest BCUT2D eigenvalue weighted by Gasteiger charge is 2.12. The lowest BCUT2D eigenvalue weighted by Gasteiger charge is -2.13. The van der Waals surface area contributed by atoms with Crippen LogP contribution in [0.2, 0.25) is 5.02 Å². The molecule has 0 unspecified atom stereocenters. The van der Waals surface area contributed by atoms with Gasteiger partial charge in [0.05, 0.1) is 0 Å². The van der Waals surface area contributed by atoms with Crippen LogP contribution in [0.4, 0.5) is 6.01 Å². The first kappa shape index (κ1) is 16.2. The van der Waals surface area contributed by atoms with Crippen molar-refractivity contribution >= 4 is 29.4 Å². The Balaban J connectivity index is 2.11. The summed E-state index contributed by atoms with van der Waals surface area (Å²) < 4.78 is 5.54. The third kappa shape index (κ3) is 4.38. The number of nitrogens with zero attached hydrogens (tertiary/aromatic N) is 2. The summed E-state index contributed by atoms with van der Waals surface area (Å²) in [5, 5.41) is 12.4. The first-order valence-corrected chi connectivity index (χ1v) is 8.24. The van der Waals surface area contributed by atoms with Gasteiger partial charge in [-0.2, -0.15) is 0 Å². The van der Waals surface area contributed by atoms with E-state index in [1.54, 1.807) is 11.8 Å². The lowest BCUT2D eigenvalue weighted by Crippen LogP contribution is -2.03. The van der Waals surface area contributed by atoms with E-state index in [1.165, 1.54) is 4.90 Å². The van der Waals surface area contributed by atoms with Gasteiger partial charge in [-0.1, -0.05) is 50.5 Å². The van der Waals surface area contributed by atoms with Crippen molar-refractivity contribution in [2.75, 3.05) is 5.32 Å². The fourth-order valence-electron chi connectivity index (χ4n) is 1.78. The van der Waals surface area contributed by atoms with Crippen LogP contribution in [0, 0.1) is 0 Å². The van der Waals surface area contributed by atoms with Crippen LogP contribution in [0.5, 0.6) is 0 Å². The molecular formula is C15H20ClN3OS. The third-order valence-corrected chi connectivity index (χ3v) is 4.25. The van der Waals surface area contributed by atoms with E-state index < -0.39 is 0 Å². The van der Waals surface area contributed by atoms with Crippen molar-refractivity contribution in [2.24, 2.45) is 0 Å². The molecule has 0 saturated heterocycles. The van der Waals surface area contributed by atoms with Crippen LogP contribution in [-0.4, -0.2) is 15.4 Å². The zero-order valence-electron chi connectivity index (χ0n) is 12.7. The number of nitrogens with one attached hydrogen (secondary N) is 1. The zero-order valence-corrected chi connectivity index (χ0v) is 14.3. The minimum Gasteiger partial charge on any atom is -0.408 e. The number of rotatable bonds is 6. The lowest BCUT2D eigenvalue weighted by molar-refractivity contribution is 0.480. The van der Waals surface area contributed by atoms with E-state index in [9.17, 15) is 0 Å². The summed E-state index contributed by atoms with van der Waals surface area (Å²) in [5.74, 6) is 0.855. The van der Waals surface area contributed by atoms with E-state index in [1.807, 2.05) is 26.0 Å². The summed E-state index contributed by atoms with van der Waals surface area (Å²) in [7, 11) is 0. The fraction of sp³-hybridized carbons (Fsp3) is 0.467. The molecule has 0 saturated carbocycles. The highest BCUT2D eigenvalue weighted by atomic mass is 35.5. The van der Waals surface area contributed by atoms with Crippen molar-refractivity contribution in [3.8, 4) is 0 Å². The predicted octanol–water partition coefficient (Wildman–Crippen LogP) is 4.96. The number of benzene rings is 1. The number of hydrogen-bond acceptors (Lipinski definition) is 5. The maximum absolute atomic E-state index is 6.31. The molecule has 1 aromatic carbocycles. The Labute approximate surface area is 134 Å². The molecule has 0 bridgehead atoms. The quantitative estimate of drug-likeness (QED) is 0.761. The van der Waals surface area contributed by atoms with Crippen molar-refractivity contribution in [1.29, 1.82) is 0 Å². The molecule has 0 aliphatic heterocycles. The summed E-state index contributed by atoms with van der Waals surface area (Å²) in [4.78, 5) is 1.17. The average molecular weight is 326 g/mol. The average Bonchev–Trinajstić information content (AvgIpc) is 2.86. The van der Waals surface area contributed by atoms with E-state index in [0.29, 0.717) is 23.7 Å². The van der Waals surface area contributed by atoms with E-state index in [4.69, 9.17) is 16.0 Å². The molecule has 1 N–H and O–H groups in total. The molecule has 2 aromatic rings. The van der Waals surface area contributed by atoms with Crippen molar-refractivity contribution in [3.05, 3.63) is 34.7 Å². The van der Waals surface area contributed by atoms with Crippen molar-refractivity contribution in [1.82, 2.24) is 10.2 Å². The molecule has 2 rings (SSSR count). The Hall–Kier alpha value is -1.20. The monoisotopic (exact) mass is 325 g/mol. The second kappa shape index (κ2) is 7.18. The van der Waals surface area contributed by atoms with Gasteiger partial charge in [-0.15, -0.1) is 16.9 Å². The molecule has 0 spiro atoms. The topological polar surface area (TPSA) is 51.0 Å². The highest BCUT2D eigenvalue weighted by molar-refractivity contribution is 8.00. The molecule has 21 heavy (non-hydrogen) atoms. The summed E-state index contributed by atoms with van der Waals surface area (Å²) >= 11 is 8.11. The molecule has 0 atom stereocenters. The van der Waals surface area contributed by atoms with Crippen molar-refractivity contribution in [3.63, 3.8) is 0 Å². The molecule has 0 fully saturated rings. The molecule has 1 aromatic heterocycles. The van der Waals surface area contributed by atoms with Gasteiger partial charge in [0, 0.05) is 33.2 Å². The van der Waals surface area contributed by atoms with Crippen LogP contribution in [0.15, 0.2) is 27.5 Å². The molecule has 1 heterocycles. The minimum atomic E-state index is 0.223. The Bertz CT molecular complexity index is 598. The van der Waals surface area contributed by atoms with Gasteiger partial charge in [-0.25, -0.2) is 0 Å². The Morgan fingerprint density at radius 3 is 2.62 bits per heavy atom. The van der Waals surface area contributed by atoms with Crippen LogP contribution in [-0.2, 0) is 6.54 Å². The van der Waals surface area contributed by atoms with Gasteiger partial charge in [0.25, 0.3) is 0 Å². The summed E-state index contributed by atoms with van der Waals surface area (Å²) in [5.41, 5.74) is 1.06. The zero-order chi connectivity index (χ0) is 15.4. The summed E-state index contributed by atoms with van der Waals surface area (Å²) in [6, 6.07) is 6.39. The highest BCUT2D eigenvalue weighted by Crippen LogP contribution is 2.31. The summed E-state index contributed by atoms with van der Waals surface area (Å²) in [6.07, 6.45) is 0. The Morgan fingerprint density at radius 1 is 1.24 bits per heavy atom. The van der Waals surface area contributed by atoms with Gasteiger partial charge in [0.15, 0.2) is 0 Å². The minimum absolute atomic E-state index is 0.223. The molecule has 6 heteroatoms. The van der Waals surface area contributed by atoms with E-state index in [-0.39, 0.29) is 5.92 Å². The Kier molecular flexibility index (Phi) is 5.53. The number of aromatic nitrogens is 2. The van der Waals surface area contributed by atoms with Crippen LogP contribution >= 0.6 is 23.4 Å². The van der Waals surface area contributed by atoms with Gasteiger partial charge in [0.2, 0.25) is 5.89 Å². The molecule has 0 aliphatic rings. The predicted molar refractivity (Wildman–Crippen MR) is 88.2 cm³/mol. The fourth-order valence-corrected chi connectivity index (χ4v) is 3.06. The van der Waals surface area contributed by atoms with Gasteiger partial charge < -0.3 is 9.73 Å². The maximum Gasteiger partial charge on any atom is 0.315 e. The van der Waals surface area contributed by atoms with Crippen LogP contribution < -0.4 is 5.32 Å². The van der Waals surface area contributed by atoms with Crippen LogP contribution in [0.25, 0.3) is 0 Å². The Morgan fingerprint density at radius 2 is 2.00 bits per heavy atom. The largest absolute Gasteiger partial charge is 0.408 e. The van der Waals surface area contributed by atoms with Crippen LogP contribution in [0.3, 0.4) is 0 Å².